The van der Waals surface area contributed by atoms with Crippen LogP contribution >= 0.6 is 0 Å². The van der Waals surface area contributed by atoms with Crippen molar-refractivity contribution >= 4 is 21.8 Å². The minimum atomic E-state index is -3.81. The molecule has 2 heterocycles. The third-order valence-corrected chi connectivity index (χ3v) is 9.45. The van der Waals surface area contributed by atoms with E-state index in [-0.39, 0.29) is 35.4 Å². The molecule has 2 amide bonds. The second-order valence-electron chi connectivity index (χ2n) is 11.0. The van der Waals surface area contributed by atoms with Crippen molar-refractivity contribution in [3.63, 3.8) is 0 Å². The number of aromatic nitrogens is 2. The number of hydrogen-bond donors (Lipinski definition) is 3. The lowest BCUT2D eigenvalue weighted by molar-refractivity contribution is -0.140. The van der Waals surface area contributed by atoms with Crippen LogP contribution < -0.4 is 10.0 Å². The topological polar surface area (TPSA) is 124 Å². The number of carbonyl (C=O) groups excluding carboxylic acids is 2. The molecule has 1 aromatic heterocycles. The van der Waals surface area contributed by atoms with Crippen LogP contribution in [0.2, 0.25) is 0 Å². The van der Waals surface area contributed by atoms with Gasteiger partial charge in [0.2, 0.25) is 21.8 Å². The van der Waals surface area contributed by atoms with E-state index in [2.05, 4.69) is 33.2 Å². The number of nitrogens with one attached hydrogen (secondary N) is 3. The summed E-state index contributed by atoms with van der Waals surface area (Å²) in [7, 11) is -3.81. The van der Waals surface area contributed by atoms with Gasteiger partial charge in [-0.1, -0.05) is 61.6 Å². The van der Waals surface area contributed by atoms with E-state index in [4.69, 9.17) is 0 Å². The number of amides is 2. The Kier molecular flexibility index (Phi) is 8.32. The Labute approximate surface area is 230 Å². The van der Waals surface area contributed by atoms with Gasteiger partial charge in [0.25, 0.3) is 0 Å². The number of likely N-dealkylation sites (tertiary alicyclic amines) is 1. The lowest BCUT2D eigenvalue weighted by Gasteiger charge is -2.32. The molecule has 1 aliphatic heterocycles. The van der Waals surface area contributed by atoms with Crippen molar-refractivity contribution in [1.29, 1.82) is 0 Å². The van der Waals surface area contributed by atoms with E-state index >= 15 is 0 Å². The van der Waals surface area contributed by atoms with Crippen molar-refractivity contribution in [2.75, 3.05) is 6.54 Å². The minimum absolute atomic E-state index is 0.00431. The van der Waals surface area contributed by atoms with Crippen LogP contribution in [0.3, 0.4) is 0 Å². The van der Waals surface area contributed by atoms with Gasteiger partial charge < -0.3 is 10.2 Å². The summed E-state index contributed by atoms with van der Waals surface area (Å²) >= 11 is 0. The van der Waals surface area contributed by atoms with Gasteiger partial charge in [-0.05, 0) is 61.5 Å². The second kappa shape index (κ2) is 11.9. The maximum Gasteiger partial charge on any atom is 0.243 e. The number of aromatic amines is 1. The average Bonchev–Trinajstić information content (AvgIpc) is 3.59. The Bertz CT molecular complexity index is 1340. The molecule has 10 heteroatoms. The molecule has 39 heavy (non-hydrogen) atoms. The van der Waals surface area contributed by atoms with E-state index in [0.29, 0.717) is 37.8 Å². The smallest absolute Gasteiger partial charge is 0.243 e. The van der Waals surface area contributed by atoms with Crippen molar-refractivity contribution in [2.45, 2.75) is 69.3 Å². The van der Waals surface area contributed by atoms with Gasteiger partial charge in [0, 0.05) is 18.3 Å². The Morgan fingerprint density at radius 1 is 1.15 bits per heavy atom. The average molecular weight is 552 g/mol. The summed E-state index contributed by atoms with van der Waals surface area (Å²) in [5, 5.41) is 10.3. The quantitative estimate of drug-likeness (QED) is 0.442. The van der Waals surface area contributed by atoms with E-state index in [1.54, 1.807) is 35.4 Å². The van der Waals surface area contributed by atoms with Crippen LogP contribution in [0.25, 0.3) is 0 Å². The molecule has 9 nitrogen and oxygen atoms in total. The number of sulfonamides is 1. The normalized spacial score (nSPS) is 25.3. The molecule has 1 saturated heterocycles. The molecule has 0 spiro atoms. The van der Waals surface area contributed by atoms with Crippen LogP contribution in [0.15, 0.2) is 60.8 Å². The van der Waals surface area contributed by atoms with Crippen LogP contribution in [0.1, 0.15) is 49.4 Å². The SMILES string of the molecule is CC1C=CC=CC1C[C@@H](NS(=O)(=O)Cc1ccccc1)C(=O)N1CCC[C@H]1C(=O)NC1CCc2[nH]ncc2C1. The second-order valence-corrected chi connectivity index (χ2v) is 12.7. The third kappa shape index (κ3) is 6.67. The van der Waals surface area contributed by atoms with Crippen LogP contribution in [-0.2, 0) is 38.2 Å². The Morgan fingerprint density at radius 2 is 1.95 bits per heavy atom. The van der Waals surface area contributed by atoms with Crippen LogP contribution in [0.5, 0.6) is 0 Å². The summed E-state index contributed by atoms with van der Waals surface area (Å²) in [5.74, 6) is -0.544. The number of H-pyrrole nitrogens is 1. The van der Waals surface area contributed by atoms with Gasteiger partial charge in [-0.25, -0.2) is 13.1 Å². The van der Waals surface area contributed by atoms with Crippen LogP contribution in [0.4, 0.5) is 0 Å². The van der Waals surface area contributed by atoms with Crippen molar-refractivity contribution in [3.8, 4) is 0 Å². The van der Waals surface area contributed by atoms with Crippen LogP contribution in [0, 0.1) is 11.8 Å². The zero-order valence-corrected chi connectivity index (χ0v) is 23.1. The zero-order chi connectivity index (χ0) is 27.4. The molecule has 3 aliphatic rings. The van der Waals surface area contributed by atoms with Crippen molar-refractivity contribution < 1.29 is 18.0 Å². The minimum Gasteiger partial charge on any atom is -0.351 e. The maximum absolute atomic E-state index is 14.0. The Hall–Kier alpha value is -3.24. The predicted octanol–water partition coefficient (Wildman–Crippen LogP) is 2.63. The first-order chi connectivity index (χ1) is 18.8. The monoisotopic (exact) mass is 551 g/mol. The number of nitrogens with zero attached hydrogens (tertiary/aromatic N) is 2. The Morgan fingerprint density at radius 3 is 2.74 bits per heavy atom. The third-order valence-electron chi connectivity index (χ3n) is 8.09. The molecule has 3 N–H and O–H groups in total. The van der Waals surface area contributed by atoms with E-state index in [1.807, 2.05) is 24.3 Å². The summed E-state index contributed by atoms with van der Waals surface area (Å²) in [4.78, 5) is 28.9. The maximum atomic E-state index is 14.0. The molecule has 0 saturated carbocycles. The van der Waals surface area contributed by atoms with E-state index in [0.717, 1.165) is 24.1 Å². The summed E-state index contributed by atoms with van der Waals surface area (Å²) in [6, 6.07) is 7.35. The Balaban J connectivity index is 1.30. The largest absolute Gasteiger partial charge is 0.351 e. The molecular formula is C29H37N5O4S. The standard InChI is InChI=1S/C29H37N5O4S/c1-20-8-5-6-11-22(20)17-26(33-39(37,38)19-21-9-3-2-4-10-21)29(36)34-15-7-12-27(34)28(35)31-24-13-14-25-23(16-24)18-30-32-25/h2-6,8-11,18,20,22,24,26-27,33H,7,12-17,19H2,1H3,(H,30,32)(H,31,35)/t20?,22?,24?,26-,27+/m1/s1. The van der Waals surface area contributed by atoms with Crippen LogP contribution in [-0.4, -0.2) is 60.0 Å². The summed E-state index contributed by atoms with van der Waals surface area (Å²) in [6.45, 7) is 2.49. The number of rotatable bonds is 9. The molecule has 2 aromatic rings. The van der Waals surface area contributed by atoms with E-state index in [1.165, 1.54) is 0 Å². The number of allylic oxidation sites excluding steroid dienone is 4. The van der Waals surface area contributed by atoms with Crippen molar-refractivity contribution in [1.82, 2.24) is 25.1 Å². The van der Waals surface area contributed by atoms with Gasteiger partial charge in [0.1, 0.15) is 12.1 Å². The molecule has 5 rings (SSSR count). The number of benzene rings is 1. The zero-order valence-electron chi connectivity index (χ0n) is 22.3. The fraction of sp³-hybridized carbons (Fsp3) is 0.483. The molecule has 3 unspecified atom stereocenters. The summed E-state index contributed by atoms with van der Waals surface area (Å²) in [6.07, 6.45) is 13.7. The van der Waals surface area contributed by atoms with E-state index in [9.17, 15) is 18.0 Å². The van der Waals surface area contributed by atoms with Gasteiger partial charge in [-0.3, -0.25) is 14.7 Å². The molecule has 2 aliphatic carbocycles. The summed E-state index contributed by atoms with van der Waals surface area (Å²) < 4.78 is 29.1. The van der Waals surface area contributed by atoms with Gasteiger partial charge >= 0.3 is 0 Å². The molecule has 0 bridgehead atoms. The summed E-state index contributed by atoms with van der Waals surface area (Å²) in [5.41, 5.74) is 2.88. The first-order valence-corrected chi connectivity index (χ1v) is 15.4. The number of carbonyl (C=O) groups is 2. The van der Waals surface area contributed by atoms with Gasteiger partial charge in [-0.15, -0.1) is 0 Å². The predicted molar refractivity (Wildman–Crippen MR) is 149 cm³/mol. The highest BCUT2D eigenvalue weighted by atomic mass is 32.2. The van der Waals surface area contributed by atoms with Crippen molar-refractivity contribution in [3.05, 3.63) is 77.7 Å². The highest BCUT2D eigenvalue weighted by molar-refractivity contribution is 7.88. The highest BCUT2D eigenvalue weighted by Gasteiger charge is 2.40. The first-order valence-electron chi connectivity index (χ1n) is 13.8. The van der Waals surface area contributed by atoms with Gasteiger partial charge in [0.05, 0.1) is 11.9 Å². The molecule has 1 fully saturated rings. The van der Waals surface area contributed by atoms with Gasteiger partial charge in [-0.2, -0.15) is 5.10 Å². The molecule has 208 valence electrons. The molecule has 1 aromatic carbocycles. The number of hydrogen-bond acceptors (Lipinski definition) is 5. The first kappa shape index (κ1) is 27.3. The molecular weight excluding hydrogens is 514 g/mol. The number of fused-ring (bicyclic) bond motifs is 1. The lowest BCUT2D eigenvalue weighted by atomic mass is 9.85. The number of aryl methyl sites for hydroxylation is 1. The fourth-order valence-electron chi connectivity index (χ4n) is 5.92. The van der Waals surface area contributed by atoms with E-state index < -0.39 is 22.1 Å². The molecule has 5 atom stereocenters. The highest BCUT2D eigenvalue weighted by Crippen LogP contribution is 2.27. The van der Waals surface area contributed by atoms with Crippen molar-refractivity contribution in [2.24, 2.45) is 11.8 Å². The fourth-order valence-corrected chi connectivity index (χ4v) is 7.27. The lowest BCUT2D eigenvalue weighted by Crippen LogP contribution is -2.55. The van der Waals surface area contributed by atoms with Gasteiger partial charge in [0.15, 0.2) is 0 Å². The molecule has 0 radical (unpaired) electrons.